The quantitative estimate of drug-likeness (QED) is 0.132. The van der Waals surface area contributed by atoms with Gasteiger partial charge in [-0.15, -0.1) is 5.54 Å². The van der Waals surface area contributed by atoms with Gasteiger partial charge in [-0.2, -0.15) is 17.6 Å². The lowest BCUT2D eigenvalue weighted by molar-refractivity contribution is 0.257. The maximum Gasteiger partial charge on any atom is 0.785 e. The molecular formula is C23H22BF9O3Si. The molecule has 0 atom stereocenters. The molecule has 0 aromatic heterocycles. The zero-order valence-corrected chi connectivity index (χ0v) is 21.5. The van der Waals surface area contributed by atoms with Crippen LogP contribution in [0.15, 0.2) is 0 Å². The van der Waals surface area contributed by atoms with Gasteiger partial charge in [0.1, 0.15) is 13.6 Å². The van der Waals surface area contributed by atoms with Crippen molar-refractivity contribution in [3.8, 4) is 23.0 Å². The second kappa shape index (κ2) is 11.3. The molecule has 2 aromatic rings. The van der Waals surface area contributed by atoms with Gasteiger partial charge < -0.3 is 14.3 Å². The standard InChI is InChI=1S/C23H22BF9O3Si/c1-9(2)37(10(3)4,11(5)6)8-7-12-13(25)18(30)22(19(31)14(12)26)35-24(34)36-23-20(32)16(28)15(27)17(29)21(23)33/h9-11,34H,1-6H3. The zero-order valence-electron chi connectivity index (χ0n) is 20.5. The van der Waals surface area contributed by atoms with Crippen LogP contribution in [0.3, 0.4) is 0 Å². The summed E-state index contributed by atoms with van der Waals surface area (Å²) < 4.78 is 134. The van der Waals surface area contributed by atoms with Gasteiger partial charge in [0.25, 0.3) is 0 Å². The molecule has 37 heavy (non-hydrogen) atoms. The molecule has 14 heteroatoms. The van der Waals surface area contributed by atoms with Crippen LogP contribution in [0.1, 0.15) is 47.1 Å². The molecule has 0 aliphatic rings. The molecule has 0 aliphatic carbocycles. The first-order valence-electron chi connectivity index (χ1n) is 10.9. The fourth-order valence-corrected chi connectivity index (χ4v) is 9.55. The lowest BCUT2D eigenvalue weighted by Crippen LogP contribution is -2.43. The Bertz CT molecular complexity index is 1180. The predicted molar refractivity (Wildman–Crippen MR) is 120 cm³/mol. The summed E-state index contributed by atoms with van der Waals surface area (Å²) in [6.07, 6.45) is 0. The van der Waals surface area contributed by atoms with Crippen LogP contribution in [0.5, 0.6) is 11.5 Å². The minimum atomic E-state index is -3.16. The summed E-state index contributed by atoms with van der Waals surface area (Å²) >= 11 is 0. The summed E-state index contributed by atoms with van der Waals surface area (Å²) in [4.78, 5) is 0. The molecule has 1 N–H and O–H groups in total. The van der Waals surface area contributed by atoms with E-state index in [1.807, 2.05) is 41.5 Å². The highest BCUT2D eigenvalue weighted by molar-refractivity contribution is 6.90. The Morgan fingerprint density at radius 3 is 1.19 bits per heavy atom. The summed E-state index contributed by atoms with van der Waals surface area (Å²) in [5.41, 5.74) is 1.66. The summed E-state index contributed by atoms with van der Waals surface area (Å²) in [5, 5.41) is 9.63. The van der Waals surface area contributed by atoms with Crippen LogP contribution in [-0.4, -0.2) is 20.4 Å². The maximum atomic E-state index is 14.7. The van der Waals surface area contributed by atoms with E-state index in [9.17, 15) is 44.5 Å². The average Bonchev–Trinajstić information content (AvgIpc) is 2.82. The van der Waals surface area contributed by atoms with Crippen molar-refractivity contribution < 1.29 is 53.8 Å². The first-order chi connectivity index (χ1) is 17.0. The first kappa shape index (κ1) is 30.4. The van der Waals surface area contributed by atoms with Gasteiger partial charge in [-0.25, -0.2) is 22.0 Å². The monoisotopic (exact) mass is 556 g/mol. The van der Waals surface area contributed by atoms with Crippen LogP contribution in [0.25, 0.3) is 0 Å². The highest BCUT2D eigenvalue weighted by Gasteiger charge is 2.42. The minimum absolute atomic E-state index is 0.0117. The van der Waals surface area contributed by atoms with Gasteiger partial charge in [-0.1, -0.05) is 47.5 Å². The number of benzene rings is 2. The minimum Gasteiger partial charge on any atom is -0.496 e. The third kappa shape index (κ3) is 5.43. The summed E-state index contributed by atoms with van der Waals surface area (Å²) in [6.45, 7) is 11.3. The zero-order chi connectivity index (χ0) is 28.6. The van der Waals surface area contributed by atoms with E-state index >= 15 is 0 Å². The second-order valence-electron chi connectivity index (χ2n) is 9.05. The van der Waals surface area contributed by atoms with Crippen LogP contribution >= 0.6 is 0 Å². The molecule has 0 saturated heterocycles. The van der Waals surface area contributed by atoms with E-state index in [4.69, 9.17) is 0 Å². The van der Waals surface area contributed by atoms with Gasteiger partial charge in [-0.3, -0.25) is 0 Å². The van der Waals surface area contributed by atoms with Crippen LogP contribution in [-0.2, 0) is 0 Å². The SMILES string of the molecule is CC(C)[Si](C#Cc1c(F)c(F)c(OB(O)Oc2c(F)c(F)c(F)c(F)c2F)c(F)c1F)(C(C)C)C(C)C. The molecular weight excluding hydrogens is 534 g/mol. The van der Waals surface area contributed by atoms with Crippen LogP contribution in [0, 0.1) is 63.8 Å². The van der Waals surface area contributed by atoms with Crippen molar-refractivity contribution in [1.29, 1.82) is 0 Å². The largest absolute Gasteiger partial charge is 0.785 e. The van der Waals surface area contributed by atoms with Crippen LogP contribution in [0.2, 0.25) is 16.6 Å². The Labute approximate surface area is 208 Å². The molecule has 3 nitrogen and oxygen atoms in total. The molecule has 0 bridgehead atoms. The summed E-state index contributed by atoms with van der Waals surface area (Å²) in [5.74, 6) is -22.7. The molecule has 0 unspecified atom stereocenters. The van der Waals surface area contributed by atoms with Crippen molar-refractivity contribution in [1.82, 2.24) is 0 Å². The molecule has 0 aliphatic heterocycles. The van der Waals surface area contributed by atoms with Gasteiger partial charge in [0.15, 0.2) is 23.1 Å². The molecule has 2 rings (SSSR count). The number of hydrogen-bond donors (Lipinski definition) is 1. The number of rotatable bonds is 7. The highest BCUT2D eigenvalue weighted by Crippen LogP contribution is 2.41. The van der Waals surface area contributed by atoms with Crippen LogP contribution in [0.4, 0.5) is 39.5 Å². The maximum absolute atomic E-state index is 14.7. The Kier molecular flexibility index (Phi) is 9.30. The molecule has 0 radical (unpaired) electrons. The fourth-order valence-electron chi connectivity index (χ4n) is 4.34. The van der Waals surface area contributed by atoms with E-state index < -0.39 is 84.8 Å². The van der Waals surface area contributed by atoms with Gasteiger partial charge in [0.05, 0.1) is 0 Å². The molecule has 0 spiro atoms. The summed E-state index contributed by atoms with van der Waals surface area (Å²) in [7, 11) is -5.74. The third-order valence-electron chi connectivity index (χ3n) is 6.10. The van der Waals surface area contributed by atoms with E-state index in [2.05, 4.69) is 20.8 Å². The van der Waals surface area contributed by atoms with Crippen molar-refractivity contribution in [3.05, 3.63) is 57.9 Å². The number of halogens is 9. The van der Waals surface area contributed by atoms with Gasteiger partial charge >= 0.3 is 7.32 Å². The van der Waals surface area contributed by atoms with E-state index in [0.717, 1.165) is 0 Å². The smallest absolute Gasteiger partial charge is 0.496 e. The van der Waals surface area contributed by atoms with Crippen LogP contribution < -0.4 is 9.31 Å². The number of hydrogen-bond acceptors (Lipinski definition) is 3. The van der Waals surface area contributed by atoms with Gasteiger partial charge in [0.2, 0.25) is 40.7 Å². The Morgan fingerprint density at radius 2 is 0.865 bits per heavy atom. The second-order valence-corrected chi connectivity index (χ2v) is 14.6. The summed E-state index contributed by atoms with van der Waals surface area (Å²) in [6, 6.07) is 0. The van der Waals surface area contributed by atoms with E-state index in [1.165, 1.54) is 0 Å². The lowest BCUT2D eigenvalue weighted by atomic mass is 10.1. The van der Waals surface area contributed by atoms with E-state index in [1.54, 1.807) is 0 Å². The Hall–Kier alpha value is -2.79. The molecule has 0 heterocycles. The van der Waals surface area contributed by atoms with Gasteiger partial charge in [0, 0.05) is 0 Å². The molecule has 0 amide bonds. The highest BCUT2D eigenvalue weighted by atomic mass is 28.3. The normalized spacial score (nSPS) is 11.8. The predicted octanol–water partition coefficient (Wildman–Crippen LogP) is 6.94. The Balaban J connectivity index is 2.52. The third-order valence-corrected chi connectivity index (χ3v) is 12.4. The Morgan fingerprint density at radius 1 is 0.568 bits per heavy atom. The fraction of sp³-hybridized carbons (Fsp3) is 0.391. The average molecular weight is 556 g/mol. The van der Waals surface area contributed by atoms with Gasteiger partial charge in [-0.05, 0) is 16.6 Å². The topological polar surface area (TPSA) is 38.7 Å². The molecule has 0 fully saturated rings. The van der Waals surface area contributed by atoms with Crippen molar-refractivity contribution in [2.45, 2.75) is 58.2 Å². The first-order valence-corrected chi connectivity index (χ1v) is 13.2. The lowest BCUT2D eigenvalue weighted by Gasteiger charge is -2.38. The van der Waals surface area contributed by atoms with E-state index in [0.29, 0.717) is 0 Å². The molecule has 2 aromatic carbocycles. The molecule has 0 saturated carbocycles. The molecule has 202 valence electrons. The van der Waals surface area contributed by atoms with Crippen molar-refractivity contribution in [2.24, 2.45) is 0 Å². The van der Waals surface area contributed by atoms with Crippen molar-refractivity contribution in [2.75, 3.05) is 0 Å². The van der Waals surface area contributed by atoms with E-state index in [-0.39, 0.29) is 16.6 Å². The van der Waals surface area contributed by atoms with Crippen molar-refractivity contribution >= 4 is 15.4 Å². The van der Waals surface area contributed by atoms with Crippen molar-refractivity contribution in [3.63, 3.8) is 0 Å².